The fourth-order valence-electron chi connectivity index (χ4n) is 3.14. The second-order valence-corrected chi connectivity index (χ2v) is 6.54. The lowest BCUT2D eigenvalue weighted by molar-refractivity contribution is -0.120. The van der Waals surface area contributed by atoms with E-state index in [4.69, 9.17) is 21.1 Å². The number of hydrogen-bond donors (Lipinski definition) is 1. The number of benzene rings is 1. The van der Waals surface area contributed by atoms with Crippen LogP contribution in [0.15, 0.2) is 12.1 Å². The molecule has 114 valence electrons. The molecule has 1 saturated heterocycles. The summed E-state index contributed by atoms with van der Waals surface area (Å²) in [5, 5.41) is 3.74. The highest BCUT2D eigenvalue weighted by molar-refractivity contribution is 6.32. The highest BCUT2D eigenvalue weighted by Gasteiger charge is 2.40. The van der Waals surface area contributed by atoms with Gasteiger partial charge in [0.2, 0.25) is 5.91 Å². The number of nitrogens with one attached hydrogen (secondary N) is 1. The van der Waals surface area contributed by atoms with Crippen molar-refractivity contribution in [2.24, 2.45) is 5.92 Å². The second kappa shape index (κ2) is 5.41. The molecule has 1 aromatic rings. The Morgan fingerprint density at radius 1 is 1.33 bits per heavy atom. The first-order valence-corrected chi connectivity index (χ1v) is 7.77. The second-order valence-electron chi connectivity index (χ2n) is 6.14. The molecule has 2 aliphatic rings. The third kappa shape index (κ3) is 2.69. The zero-order valence-electron chi connectivity index (χ0n) is 12.4. The Morgan fingerprint density at radius 2 is 2.10 bits per heavy atom. The van der Waals surface area contributed by atoms with E-state index in [1.165, 1.54) is 0 Å². The summed E-state index contributed by atoms with van der Waals surface area (Å²) in [6, 6.07) is 3.90. The van der Waals surface area contributed by atoms with Crippen molar-refractivity contribution in [2.45, 2.75) is 38.6 Å². The van der Waals surface area contributed by atoms with Crippen molar-refractivity contribution in [2.75, 3.05) is 13.2 Å². The number of carbonyl (C=O) groups excluding carboxylic acids is 1. The van der Waals surface area contributed by atoms with Crippen molar-refractivity contribution in [3.63, 3.8) is 0 Å². The van der Waals surface area contributed by atoms with E-state index in [-0.39, 0.29) is 11.4 Å². The van der Waals surface area contributed by atoms with Gasteiger partial charge in [-0.15, -0.1) is 0 Å². The molecule has 1 fully saturated rings. The molecule has 0 radical (unpaired) electrons. The van der Waals surface area contributed by atoms with Crippen LogP contribution in [0.4, 0.5) is 0 Å². The molecule has 0 saturated carbocycles. The maximum absolute atomic E-state index is 11.7. The van der Waals surface area contributed by atoms with Crippen LogP contribution >= 0.6 is 11.6 Å². The zero-order valence-corrected chi connectivity index (χ0v) is 13.1. The molecular weight excluding hydrogens is 290 g/mol. The van der Waals surface area contributed by atoms with Crippen LogP contribution in [0, 0.1) is 5.92 Å². The van der Waals surface area contributed by atoms with Crippen molar-refractivity contribution in [3.8, 4) is 11.5 Å². The van der Waals surface area contributed by atoms with Gasteiger partial charge in [0.15, 0.2) is 11.5 Å². The minimum Gasteiger partial charge on any atom is -0.486 e. The number of rotatable bonds is 3. The third-order valence-corrected chi connectivity index (χ3v) is 4.75. The van der Waals surface area contributed by atoms with Crippen molar-refractivity contribution in [3.05, 3.63) is 22.7 Å². The van der Waals surface area contributed by atoms with E-state index in [9.17, 15) is 4.79 Å². The molecule has 1 N–H and O–H groups in total. The van der Waals surface area contributed by atoms with Gasteiger partial charge in [0.05, 0.1) is 5.02 Å². The largest absolute Gasteiger partial charge is 0.486 e. The van der Waals surface area contributed by atoms with E-state index in [2.05, 4.69) is 19.2 Å². The van der Waals surface area contributed by atoms with Crippen LogP contribution in [0.1, 0.15) is 32.3 Å². The molecule has 2 aliphatic heterocycles. The van der Waals surface area contributed by atoms with E-state index in [1.54, 1.807) is 0 Å². The van der Waals surface area contributed by atoms with Gasteiger partial charge in [-0.2, -0.15) is 0 Å². The van der Waals surface area contributed by atoms with E-state index in [1.807, 2.05) is 12.1 Å². The first-order chi connectivity index (χ1) is 10.00. The van der Waals surface area contributed by atoms with Gasteiger partial charge in [0.1, 0.15) is 13.2 Å². The van der Waals surface area contributed by atoms with Gasteiger partial charge in [-0.3, -0.25) is 4.79 Å². The molecule has 3 rings (SSSR count). The van der Waals surface area contributed by atoms with Gasteiger partial charge in [0.25, 0.3) is 0 Å². The summed E-state index contributed by atoms with van der Waals surface area (Å²) < 4.78 is 11.2. The highest BCUT2D eigenvalue weighted by atomic mass is 35.5. The number of halogens is 1. The smallest absolute Gasteiger partial charge is 0.220 e. The van der Waals surface area contributed by atoms with Crippen LogP contribution in [0.25, 0.3) is 0 Å². The molecule has 21 heavy (non-hydrogen) atoms. The molecule has 0 aliphatic carbocycles. The lowest BCUT2D eigenvalue weighted by Gasteiger charge is -2.34. The number of carbonyl (C=O) groups is 1. The van der Waals surface area contributed by atoms with Crippen molar-refractivity contribution < 1.29 is 14.3 Å². The first-order valence-electron chi connectivity index (χ1n) is 7.39. The van der Waals surface area contributed by atoms with Crippen LogP contribution in [0.2, 0.25) is 5.02 Å². The molecule has 0 spiro atoms. The van der Waals surface area contributed by atoms with Crippen molar-refractivity contribution >= 4 is 17.5 Å². The van der Waals surface area contributed by atoms with Crippen molar-refractivity contribution in [1.82, 2.24) is 5.32 Å². The summed E-state index contributed by atoms with van der Waals surface area (Å²) in [6.07, 6.45) is 2.21. The Balaban J connectivity index is 1.90. The van der Waals surface area contributed by atoms with Gasteiger partial charge in [-0.1, -0.05) is 25.4 Å². The Kier molecular flexibility index (Phi) is 3.74. The molecule has 2 heterocycles. The lowest BCUT2D eigenvalue weighted by atomic mass is 9.80. The number of fused-ring (bicyclic) bond motifs is 1. The average molecular weight is 310 g/mol. The minimum absolute atomic E-state index is 0.132. The third-order valence-electron chi connectivity index (χ3n) is 4.47. The molecule has 5 heteroatoms. The molecule has 1 amide bonds. The SMILES string of the molecule is CC(C)C1(Cc2cc(Cl)c3c(c2)OCCO3)CCC(=O)N1. The lowest BCUT2D eigenvalue weighted by Crippen LogP contribution is -2.48. The Bertz CT molecular complexity index is 573. The van der Waals surface area contributed by atoms with Crippen LogP contribution in [-0.4, -0.2) is 24.7 Å². The van der Waals surface area contributed by atoms with Gasteiger partial charge >= 0.3 is 0 Å². The zero-order chi connectivity index (χ0) is 15.0. The van der Waals surface area contributed by atoms with E-state index < -0.39 is 0 Å². The summed E-state index contributed by atoms with van der Waals surface area (Å²) >= 11 is 6.29. The summed E-state index contributed by atoms with van der Waals surface area (Å²) in [5.74, 6) is 1.82. The van der Waals surface area contributed by atoms with E-state index in [0.29, 0.717) is 42.1 Å². The number of amides is 1. The standard InChI is InChI=1S/C16H20ClNO3/c1-10(2)16(4-3-14(19)18-16)9-11-7-12(17)15-13(8-11)20-5-6-21-15/h7-8,10H,3-6,9H2,1-2H3,(H,18,19). The number of hydrogen-bond acceptors (Lipinski definition) is 3. The Labute approximate surface area is 129 Å². The average Bonchev–Trinajstić information content (AvgIpc) is 2.81. The first kappa shape index (κ1) is 14.5. The monoisotopic (exact) mass is 309 g/mol. The topological polar surface area (TPSA) is 47.6 Å². The molecule has 1 aromatic carbocycles. The van der Waals surface area contributed by atoms with Gasteiger partial charge < -0.3 is 14.8 Å². The number of ether oxygens (including phenoxy) is 2. The summed E-state index contributed by atoms with van der Waals surface area (Å²) in [7, 11) is 0. The Hall–Kier alpha value is -1.42. The summed E-state index contributed by atoms with van der Waals surface area (Å²) in [6.45, 7) is 5.35. The predicted molar refractivity (Wildman–Crippen MR) is 81.1 cm³/mol. The molecule has 4 nitrogen and oxygen atoms in total. The van der Waals surface area contributed by atoms with E-state index >= 15 is 0 Å². The molecule has 0 aromatic heterocycles. The highest BCUT2D eigenvalue weighted by Crippen LogP contribution is 2.40. The maximum Gasteiger partial charge on any atom is 0.220 e. The quantitative estimate of drug-likeness (QED) is 0.934. The molecule has 1 unspecified atom stereocenters. The van der Waals surface area contributed by atoms with Gasteiger partial charge in [-0.05, 0) is 36.5 Å². The van der Waals surface area contributed by atoms with Crippen LogP contribution < -0.4 is 14.8 Å². The minimum atomic E-state index is -0.190. The maximum atomic E-state index is 11.7. The Morgan fingerprint density at radius 3 is 2.76 bits per heavy atom. The van der Waals surface area contributed by atoms with Crippen LogP contribution in [-0.2, 0) is 11.2 Å². The molecular formula is C16H20ClNO3. The van der Waals surface area contributed by atoms with Gasteiger partial charge in [-0.25, -0.2) is 0 Å². The fraction of sp³-hybridized carbons (Fsp3) is 0.562. The van der Waals surface area contributed by atoms with Gasteiger partial charge in [0, 0.05) is 12.0 Å². The fourth-order valence-corrected chi connectivity index (χ4v) is 3.43. The molecule has 0 bridgehead atoms. The van der Waals surface area contributed by atoms with Crippen LogP contribution in [0.5, 0.6) is 11.5 Å². The normalized spacial score (nSPS) is 24.3. The summed E-state index contributed by atoms with van der Waals surface area (Å²) in [4.78, 5) is 11.7. The van der Waals surface area contributed by atoms with E-state index in [0.717, 1.165) is 18.4 Å². The molecule has 1 atom stereocenters. The summed E-state index contributed by atoms with van der Waals surface area (Å²) in [5.41, 5.74) is 0.879. The van der Waals surface area contributed by atoms with Crippen LogP contribution in [0.3, 0.4) is 0 Å². The van der Waals surface area contributed by atoms with Crippen molar-refractivity contribution in [1.29, 1.82) is 0 Å². The predicted octanol–water partition coefficient (Wildman–Crippen LogP) is 2.96.